The summed E-state index contributed by atoms with van der Waals surface area (Å²) in [6.45, 7) is 0.835. The van der Waals surface area contributed by atoms with Crippen LogP contribution in [0.5, 0.6) is 0 Å². The van der Waals surface area contributed by atoms with Gasteiger partial charge in [-0.1, -0.05) is 6.07 Å². The normalized spacial score (nSPS) is 11.1. The third-order valence-electron chi connectivity index (χ3n) is 2.28. The van der Waals surface area contributed by atoms with Crippen LogP contribution in [0.1, 0.15) is 0 Å². The Hall–Kier alpha value is -1.62. The van der Waals surface area contributed by atoms with Crippen molar-refractivity contribution < 1.29 is 9.13 Å². The molecule has 4 nitrogen and oxygen atoms in total. The standard InChI is InChI=1S/C10H11FN2O2/c1-15-6-5-13-8-4-2-3-7(11)9(8)12-10(13)14/h2-4H,5-6H2,1H3,(H,12,14). The van der Waals surface area contributed by atoms with Crippen LogP contribution in [-0.2, 0) is 11.3 Å². The minimum absolute atomic E-state index is 0.249. The maximum absolute atomic E-state index is 13.3. The summed E-state index contributed by atoms with van der Waals surface area (Å²) in [7, 11) is 1.56. The zero-order valence-electron chi connectivity index (χ0n) is 8.29. The number of halogens is 1. The van der Waals surface area contributed by atoms with Crippen LogP contribution >= 0.6 is 0 Å². The van der Waals surface area contributed by atoms with Crippen LogP contribution in [0.3, 0.4) is 0 Å². The summed E-state index contributed by atoms with van der Waals surface area (Å²) >= 11 is 0. The van der Waals surface area contributed by atoms with Gasteiger partial charge in [0.15, 0.2) is 0 Å². The molecular formula is C10H11FN2O2. The van der Waals surface area contributed by atoms with Gasteiger partial charge in [-0.25, -0.2) is 9.18 Å². The van der Waals surface area contributed by atoms with E-state index in [2.05, 4.69) is 4.98 Å². The molecule has 1 heterocycles. The molecule has 1 aromatic carbocycles. The second-order valence-electron chi connectivity index (χ2n) is 3.21. The molecule has 1 N–H and O–H groups in total. The summed E-state index contributed by atoms with van der Waals surface area (Å²) in [6.07, 6.45) is 0. The molecule has 0 aliphatic heterocycles. The monoisotopic (exact) mass is 210 g/mol. The number of hydrogen-bond donors (Lipinski definition) is 1. The van der Waals surface area contributed by atoms with Gasteiger partial charge in [-0.15, -0.1) is 0 Å². The van der Waals surface area contributed by atoms with Crippen LogP contribution in [0.15, 0.2) is 23.0 Å². The predicted octanol–water partition coefficient (Wildman–Crippen LogP) is 1.12. The number of aromatic nitrogens is 2. The smallest absolute Gasteiger partial charge is 0.326 e. The number of aromatic amines is 1. The molecule has 0 aliphatic carbocycles. The zero-order valence-corrected chi connectivity index (χ0v) is 8.29. The third-order valence-corrected chi connectivity index (χ3v) is 2.28. The first-order chi connectivity index (χ1) is 7.24. The molecule has 0 radical (unpaired) electrons. The summed E-state index contributed by atoms with van der Waals surface area (Å²) in [5.41, 5.74) is 0.503. The van der Waals surface area contributed by atoms with E-state index in [0.717, 1.165) is 0 Å². The molecular weight excluding hydrogens is 199 g/mol. The van der Waals surface area contributed by atoms with E-state index in [1.807, 2.05) is 0 Å². The number of fused-ring (bicyclic) bond motifs is 1. The number of methoxy groups -OCH3 is 1. The highest BCUT2D eigenvalue weighted by atomic mass is 19.1. The lowest BCUT2D eigenvalue weighted by atomic mass is 10.3. The van der Waals surface area contributed by atoms with Crippen LogP contribution in [0.2, 0.25) is 0 Å². The van der Waals surface area contributed by atoms with Crippen molar-refractivity contribution in [1.29, 1.82) is 0 Å². The number of para-hydroxylation sites is 1. The zero-order chi connectivity index (χ0) is 10.8. The number of hydrogen-bond acceptors (Lipinski definition) is 2. The Kier molecular flexibility index (Phi) is 2.55. The second-order valence-corrected chi connectivity index (χ2v) is 3.21. The van der Waals surface area contributed by atoms with Gasteiger partial charge in [0.25, 0.3) is 0 Å². The Bertz CT molecular complexity index is 530. The van der Waals surface area contributed by atoms with Crippen LogP contribution in [0.4, 0.5) is 4.39 Å². The average Bonchev–Trinajstić information content (AvgIpc) is 2.54. The molecule has 80 valence electrons. The molecule has 0 unspecified atom stereocenters. The summed E-state index contributed by atoms with van der Waals surface area (Å²) in [5.74, 6) is -0.416. The first-order valence-corrected chi connectivity index (χ1v) is 4.60. The fourth-order valence-electron chi connectivity index (χ4n) is 1.55. The Balaban J connectivity index is 2.58. The maximum atomic E-state index is 13.3. The molecule has 0 saturated carbocycles. The molecule has 5 heteroatoms. The van der Waals surface area contributed by atoms with Crippen molar-refractivity contribution in [3.05, 3.63) is 34.5 Å². The van der Waals surface area contributed by atoms with Crippen molar-refractivity contribution in [2.24, 2.45) is 0 Å². The van der Waals surface area contributed by atoms with E-state index in [4.69, 9.17) is 4.74 Å². The molecule has 1 aromatic heterocycles. The minimum Gasteiger partial charge on any atom is -0.383 e. The molecule has 2 aromatic rings. The van der Waals surface area contributed by atoms with Gasteiger partial charge in [-0.2, -0.15) is 0 Å². The van der Waals surface area contributed by atoms with E-state index in [1.165, 1.54) is 10.6 Å². The Labute approximate surface area is 85.3 Å². The lowest BCUT2D eigenvalue weighted by Crippen LogP contribution is -2.18. The summed E-state index contributed by atoms with van der Waals surface area (Å²) < 4.78 is 19.6. The number of imidazole rings is 1. The second kappa shape index (κ2) is 3.86. The first-order valence-electron chi connectivity index (χ1n) is 4.60. The van der Waals surface area contributed by atoms with Crippen LogP contribution < -0.4 is 5.69 Å². The highest BCUT2D eigenvalue weighted by Crippen LogP contribution is 2.13. The number of ether oxygens (including phenoxy) is 1. The highest BCUT2D eigenvalue weighted by molar-refractivity contribution is 5.75. The topological polar surface area (TPSA) is 47.0 Å². The van der Waals surface area contributed by atoms with Gasteiger partial charge in [0.2, 0.25) is 0 Å². The maximum Gasteiger partial charge on any atom is 0.326 e. The van der Waals surface area contributed by atoms with Crippen LogP contribution in [-0.4, -0.2) is 23.3 Å². The average molecular weight is 210 g/mol. The van der Waals surface area contributed by atoms with Gasteiger partial charge in [-0.05, 0) is 12.1 Å². The van der Waals surface area contributed by atoms with Crippen LogP contribution in [0.25, 0.3) is 11.0 Å². The van der Waals surface area contributed by atoms with Gasteiger partial charge >= 0.3 is 5.69 Å². The van der Waals surface area contributed by atoms with E-state index in [1.54, 1.807) is 19.2 Å². The predicted molar refractivity (Wildman–Crippen MR) is 54.4 cm³/mol. The lowest BCUT2D eigenvalue weighted by molar-refractivity contribution is 0.187. The Morgan fingerprint density at radius 3 is 3.07 bits per heavy atom. The molecule has 0 saturated heterocycles. The van der Waals surface area contributed by atoms with E-state index in [-0.39, 0.29) is 11.2 Å². The molecule has 0 spiro atoms. The quantitative estimate of drug-likeness (QED) is 0.825. The molecule has 0 aliphatic rings. The van der Waals surface area contributed by atoms with Crippen molar-refractivity contribution in [3.63, 3.8) is 0 Å². The summed E-state index contributed by atoms with van der Waals surface area (Å²) in [4.78, 5) is 14.0. The van der Waals surface area contributed by atoms with Gasteiger partial charge in [0, 0.05) is 7.11 Å². The summed E-state index contributed by atoms with van der Waals surface area (Å²) in [5, 5.41) is 0. The van der Waals surface area contributed by atoms with E-state index < -0.39 is 5.82 Å². The Morgan fingerprint density at radius 1 is 1.53 bits per heavy atom. The molecule has 15 heavy (non-hydrogen) atoms. The fraction of sp³-hybridized carbons (Fsp3) is 0.300. The van der Waals surface area contributed by atoms with Crippen molar-refractivity contribution in [3.8, 4) is 0 Å². The molecule has 0 amide bonds. The van der Waals surface area contributed by atoms with E-state index >= 15 is 0 Å². The largest absolute Gasteiger partial charge is 0.383 e. The van der Waals surface area contributed by atoms with Crippen molar-refractivity contribution >= 4 is 11.0 Å². The number of nitrogens with one attached hydrogen (secondary N) is 1. The van der Waals surface area contributed by atoms with E-state index in [0.29, 0.717) is 18.7 Å². The third kappa shape index (κ3) is 1.66. The lowest BCUT2D eigenvalue weighted by Gasteiger charge is -2.01. The van der Waals surface area contributed by atoms with Gasteiger partial charge in [0.05, 0.1) is 18.7 Å². The van der Waals surface area contributed by atoms with Crippen molar-refractivity contribution in [2.75, 3.05) is 13.7 Å². The minimum atomic E-state index is -0.416. The Morgan fingerprint density at radius 2 is 2.33 bits per heavy atom. The van der Waals surface area contributed by atoms with Crippen LogP contribution in [0, 0.1) is 5.82 Å². The number of benzene rings is 1. The number of rotatable bonds is 3. The van der Waals surface area contributed by atoms with Gasteiger partial charge in [0.1, 0.15) is 11.3 Å². The van der Waals surface area contributed by atoms with Gasteiger partial charge < -0.3 is 9.72 Å². The highest BCUT2D eigenvalue weighted by Gasteiger charge is 2.08. The molecule has 2 rings (SSSR count). The molecule has 0 bridgehead atoms. The SMILES string of the molecule is COCCn1c(=O)[nH]c2c(F)cccc21. The first kappa shape index (κ1) is 9.92. The molecule has 0 atom stereocenters. The van der Waals surface area contributed by atoms with Gasteiger partial charge in [-0.3, -0.25) is 4.57 Å². The van der Waals surface area contributed by atoms with Crippen molar-refractivity contribution in [2.45, 2.75) is 6.54 Å². The number of H-pyrrole nitrogens is 1. The molecule has 0 fully saturated rings. The summed E-state index contributed by atoms with van der Waals surface area (Å²) in [6, 6.07) is 4.60. The van der Waals surface area contributed by atoms with Crippen molar-refractivity contribution in [1.82, 2.24) is 9.55 Å². The number of nitrogens with zero attached hydrogens (tertiary/aromatic N) is 1. The van der Waals surface area contributed by atoms with E-state index in [9.17, 15) is 9.18 Å². The fourth-order valence-corrected chi connectivity index (χ4v) is 1.55.